The third-order valence-corrected chi connectivity index (χ3v) is 1.91. The normalized spacial score (nSPS) is 10.3. The molecule has 0 amide bonds. The van der Waals surface area contributed by atoms with Gasteiger partial charge in [0.05, 0.1) is 39.6 Å². The fraction of sp³-hybridized carbons (Fsp3) is 1.00. The minimum Gasteiger partial charge on any atom is -0.394 e. The van der Waals surface area contributed by atoms with Gasteiger partial charge < -0.3 is 29.9 Å². The Balaban J connectivity index is 0. The van der Waals surface area contributed by atoms with Crippen molar-refractivity contribution in [3.05, 3.63) is 0 Å². The molecule has 0 aromatic carbocycles. The van der Waals surface area contributed by atoms with Crippen molar-refractivity contribution >= 4 is 0 Å². The molecule has 112 valence electrons. The Morgan fingerprint density at radius 2 is 1.33 bits per heavy atom. The molecule has 0 unspecified atom stereocenters. The highest BCUT2D eigenvalue weighted by Gasteiger charge is 1.93. The van der Waals surface area contributed by atoms with Crippen LogP contribution in [0.15, 0.2) is 0 Å². The average molecular weight is 268 g/mol. The van der Waals surface area contributed by atoms with E-state index in [9.17, 15) is 0 Å². The highest BCUT2D eigenvalue weighted by molar-refractivity contribution is 4.40. The van der Waals surface area contributed by atoms with Crippen LogP contribution in [0.5, 0.6) is 0 Å². The van der Waals surface area contributed by atoms with Crippen LogP contribution in [-0.2, 0) is 9.47 Å². The smallest absolute Gasteiger partial charge is 0.151 e. The van der Waals surface area contributed by atoms with Crippen LogP contribution in [0.25, 0.3) is 0 Å². The Morgan fingerprint density at radius 1 is 0.833 bits per heavy atom. The summed E-state index contributed by atoms with van der Waals surface area (Å²) in [6.45, 7) is 3.82. The standard InChI is InChI=1S/C6H14O4.C6H14O2/c7-1-3-9-5-6-10-4-2-8;1-2-3-4-5-6(7)8/h7-8H,1-6H2;6-8H,2-5H2,1H3. The molecule has 0 bridgehead atoms. The van der Waals surface area contributed by atoms with Crippen LogP contribution in [0.3, 0.4) is 0 Å². The number of aliphatic hydroxyl groups is 4. The van der Waals surface area contributed by atoms with Gasteiger partial charge in [0.1, 0.15) is 0 Å². The van der Waals surface area contributed by atoms with E-state index in [-0.39, 0.29) is 13.2 Å². The van der Waals surface area contributed by atoms with Gasteiger partial charge in [0.25, 0.3) is 0 Å². The van der Waals surface area contributed by atoms with Crippen molar-refractivity contribution in [3.63, 3.8) is 0 Å². The molecule has 0 radical (unpaired) electrons. The predicted molar refractivity (Wildman–Crippen MR) is 68.2 cm³/mol. The zero-order valence-corrected chi connectivity index (χ0v) is 11.3. The van der Waals surface area contributed by atoms with Crippen LogP contribution in [0.4, 0.5) is 0 Å². The van der Waals surface area contributed by atoms with Crippen molar-refractivity contribution in [2.75, 3.05) is 39.6 Å². The first-order chi connectivity index (χ1) is 8.68. The molecular weight excluding hydrogens is 240 g/mol. The molecule has 0 heterocycles. The summed E-state index contributed by atoms with van der Waals surface area (Å²) in [6, 6.07) is 0. The Bertz CT molecular complexity index is 124. The molecule has 0 saturated carbocycles. The molecule has 0 aromatic rings. The molecule has 0 aliphatic rings. The van der Waals surface area contributed by atoms with Crippen LogP contribution in [0.2, 0.25) is 0 Å². The number of hydrogen-bond acceptors (Lipinski definition) is 6. The van der Waals surface area contributed by atoms with Crippen LogP contribution >= 0.6 is 0 Å². The number of aliphatic hydroxyl groups excluding tert-OH is 3. The first-order valence-corrected chi connectivity index (χ1v) is 6.42. The molecule has 0 aromatic heterocycles. The third-order valence-electron chi connectivity index (χ3n) is 1.91. The lowest BCUT2D eigenvalue weighted by Crippen LogP contribution is -2.09. The first kappa shape index (κ1) is 20.1. The minimum atomic E-state index is -1.10. The summed E-state index contributed by atoms with van der Waals surface area (Å²) in [5, 5.41) is 33.2. The molecule has 6 nitrogen and oxygen atoms in total. The third kappa shape index (κ3) is 24.8. The molecular formula is C12H28O6. The highest BCUT2D eigenvalue weighted by Crippen LogP contribution is 1.99. The maximum atomic E-state index is 8.33. The fourth-order valence-electron chi connectivity index (χ4n) is 1.03. The second kappa shape index (κ2) is 19.1. The number of unbranched alkanes of at least 4 members (excludes halogenated alkanes) is 2. The lowest BCUT2D eigenvalue weighted by molar-refractivity contribution is -0.0465. The van der Waals surface area contributed by atoms with Gasteiger partial charge in [-0.15, -0.1) is 0 Å². The minimum absolute atomic E-state index is 0.0417. The molecule has 6 heteroatoms. The van der Waals surface area contributed by atoms with E-state index in [1.54, 1.807) is 0 Å². The fourth-order valence-corrected chi connectivity index (χ4v) is 1.03. The van der Waals surface area contributed by atoms with Crippen molar-refractivity contribution in [3.8, 4) is 0 Å². The zero-order chi connectivity index (χ0) is 14.1. The number of rotatable bonds is 11. The van der Waals surface area contributed by atoms with E-state index in [4.69, 9.17) is 29.9 Å². The second-order valence-electron chi connectivity index (χ2n) is 3.65. The molecule has 4 N–H and O–H groups in total. The summed E-state index contributed by atoms with van der Waals surface area (Å²) in [4.78, 5) is 0. The molecule has 0 saturated heterocycles. The van der Waals surface area contributed by atoms with Crippen molar-refractivity contribution in [2.45, 2.75) is 38.9 Å². The second-order valence-corrected chi connectivity index (χ2v) is 3.65. The van der Waals surface area contributed by atoms with E-state index in [2.05, 4.69) is 6.92 Å². The van der Waals surface area contributed by atoms with Gasteiger partial charge in [-0.2, -0.15) is 0 Å². The van der Waals surface area contributed by atoms with E-state index in [0.29, 0.717) is 32.8 Å². The summed E-state index contributed by atoms with van der Waals surface area (Å²) < 4.78 is 9.75. The SMILES string of the molecule is CCCCCC(O)O.OCCOCCOCCO. The maximum absolute atomic E-state index is 8.33. The van der Waals surface area contributed by atoms with Crippen molar-refractivity contribution in [2.24, 2.45) is 0 Å². The molecule has 0 aliphatic carbocycles. The zero-order valence-electron chi connectivity index (χ0n) is 11.3. The monoisotopic (exact) mass is 268 g/mol. The topological polar surface area (TPSA) is 99.4 Å². The lowest BCUT2D eigenvalue weighted by Gasteiger charge is -2.01. The summed E-state index contributed by atoms with van der Waals surface area (Å²) >= 11 is 0. The molecule has 0 fully saturated rings. The number of ether oxygens (including phenoxy) is 2. The molecule has 0 aliphatic heterocycles. The van der Waals surface area contributed by atoms with Gasteiger partial charge in [0, 0.05) is 0 Å². The Labute approximate surface area is 109 Å². The van der Waals surface area contributed by atoms with Crippen LogP contribution in [-0.4, -0.2) is 66.4 Å². The van der Waals surface area contributed by atoms with E-state index in [1.165, 1.54) is 0 Å². The summed E-state index contributed by atoms with van der Waals surface area (Å²) in [6.07, 6.45) is 2.58. The van der Waals surface area contributed by atoms with Gasteiger partial charge in [-0.1, -0.05) is 19.8 Å². The van der Waals surface area contributed by atoms with Gasteiger partial charge in [0.15, 0.2) is 6.29 Å². The maximum Gasteiger partial charge on any atom is 0.151 e. The van der Waals surface area contributed by atoms with Gasteiger partial charge in [-0.3, -0.25) is 0 Å². The Kier molecular flexibility index (Phi) is 21.3. The summed E-state index contributed by atoms with van der Waals surface area (Å²) in [5.74, 6) is 0. The van der Waals surface area contributed by atoms with E-state index in [0.717, 1.165) is 19.3 Å². The Hall–Kier alpha value is -0.240. The molecule has 0 spiro atoms. The number of hydrogen-bond donors (Lipinski definition) is 4. The lowest BCUT2D eigenvalue weighted by atomic mass is 10.2. The van der Waals surface area contributed by atoms with Gasteiger partial charge in [-0.05, 0) is 12.8 Å². The van der Waals surface area contributed by atoms with E-state index in [1.807, 2.05) is 0 Å². The van der Waals surface area contributed by atoms with Gasteiger partial charge in [-0.25, -0.2) is 0 Å². The largest absolute Gasteiger partial charge is 0.394 e. The van der Waals surface area contributed by atoms with Crippen LogP contribution in [0.1, 0.15) is 32.6 Å². The van der Waals surface area contributed by atoms with Gasteiger partial charge >= 0.3 is 0 Å². The first-order valence-electron chi connectivity index (χ1n) is 6.42. The van der Waals surface area contributed by atoms with Crippen LogP contribution < -0.4 is 0 Å². The molecule has 18 heavy (non-hydrogen) atoms. The van der Waals surface area contributed by atoms with E-state index < -0.39 is 6.29 Å². The predicted octanol–water partition coefficient (Wildman–Crippen LogP) is -0.118. The highest BCUT2D eigenvalue weighted by atomic mass is 16.5. The van der Waals surface area contributed by atoms with Crippen LogP contribution in [0, 0.1) is 0 Å². The van der Waals surface area contributed by atoms with Crippen molar-refractivity contribution in [1.82, 2.24) is 0 Å². The van der Waals surface area contributed by atoms with Gasteiger partial charge in [0.2, 0.25) is 0 Å². The van der Waals surface area contributed by atoms with E-state index >= 15 is 0 Å². The quantitative estimate of drug-likeness (QED) is 0.308. The average Bonchev–Trinajstić information content (AvgIpc) is 2.34. The molecule has 0 rings (SSSR count). The van der Waals surface area contributed by atoms with Crippen molar-refractivity contribution in [1.29, 1.82) is 0 Å². The Morgan fingerprint density at radius 3 is 1.67 bits per heavy atom. The summed E-state index contributed by atoms with van der Waals surface area (Å²) in [7, 11) is 0. The summed E-state index contributed by atoms with van der Waals surface area (Å²) in [5.41, 5.74) is 0. The molecule has 0 atom stereocenters. The van der Waals surface area contributed by atoms with Crippen molar-refractivity contribution < 1.29 is 29.9 Å².